The highest BCUT2D eigenvalue weighted by molar-refractivity contribution is 5.06. The average Bonchev–Trinajstić information content (AvgIpc) is 2.53. The van der Waals surface area contributed by atoms with Crippen LogP contribution < -0.4 is 5.73 Å². The Hall–Kier alpha value is -0.0400. The average molecular weight is 169 g/mol. The van der Waals surface area contributed by atoms with E-state index in [0.29, 0.717) is 5.41 Å². The van der Waals surface area contributed by atoms with Crippen molar-refractivity contribution in [3.05, 3.63) is 0 Å². The van der Waals surface area contributed by atoms with E-state index in [1.165, 1.54) is 12.8 Å². The third kappa shape index (κ3) is 1.52. The Morgan fingerprint density at radius 2 is 2.00 bits per heavy atom. The maximum absolute atomic E-state index is 5.73. The van der Waals surface area contributed by atoms with Crippen LogP contribution in [0.3, 0.4) is 0 Å². The molecule has 1 nitrogen and oxygen atoms in total. The number of hydrogen-bond acceptors (Lipinski definition) is 1. The number of nitrogens with two attached hydrogens (primary N) is 1. The van der Waals surface area contributed by atoms with Crippen molar-refractivity contribution in [2.45, 2.75) is 40.5 Å². The van der Waals surface area contributed by atoms with Crippen LogP contribution in [0.1, 0.15) is 40.5 Å². The second-order valence-electron chi connectivity index (χ2n) is 4.96. The summed E-state index contributed by atoms with van der Waals surface area (Å²) in [5, 5.41) is 0. The van der Waals surface area contributed by atoms with Crippen molar-refractivity contribution >= 4 is 0 Å². The van der Waals surface area contributed by atoms with Crippen LogP contribution in [0.4, 0.5) is 0 Å². The van der Waals surface area contributed by atoms with Crippen molar-refractivity contribution in [1.82, 2.24) is 0 Å². The Labute approximate surface area is 76.7 Å². The summed E-state index contributed by atoms with van der Waals surface area (Å²) < 4.78 is 0. The summed E-state index contributed by atoms with van der Waals surface area (Å²) in [7, 11) is 0. The molecule has 0 aromatic rings. The van der Waals surface area contributed by atoms with Crippen LogP contribution in [-0.4, -0.2) is 6.54 Å². The quantitative estimate of drug-likeness (QED) is 0.688. The SMILES string of the molecule is CCCC(C)[C@@H]1[C@@H](CN)C1(C)C. The molecule has 0 saturated heterocycles. The van der Waals surface area contributed by atoms with E-state index >= 15 is 0 Å². The molecular formula is C11H23N. The summed E-state index contributed by atoms with van der Waals surface area (Å²) in [4.78, 5) is 0. The van der Waals surface area contributed by atoms with Gasteiger partial charge in [-0.3, -0.25) is 0 Å². The van der Waals surface area contributed by atoms with Crippen molar-refractivity contribution in [3.63, 3.8) is 0 Å². The molecule has 72 valence electrons. The van der Waals surface area contributed by atoms with Gasteiger partial charge in [-0.15, -0.1) is 0 Å². The van der Waals surface area contributed by atoms with Crippen LogP contribution in [0, 0.1) is 23.2 Å². The van der Waals surface area contributed by atoms with E-state index in [-0.39, 0.29) is 0 Å². The largest absolute Gasteiger partial charge is 0.330 e. The van der Waals surface area contributed by atoms with Gasteiger partial charge in [0.1, 0.15) is 0 Å². The Balaban J connectivity index is 2.45. The molecule has 1 aliphatic rings. The summed E-state index contributed by atoms with van der Waals surface area (Å²) in [5.74, 6) is 2.56. The van der Waals surface area contributed by atoms with E-state index in [0.717, 1.165) is 24.3 Å². The maximum Gasteiger partial charge on any atom is -0.00407 e. The maximum atomic E-state index is 5.73. The van der Waals surface area contributed by atoms with Crippen LogP contribution in [0.15, 0.2) is 0 Å². The van der Waals surface area contributed by atoms with E-state index < -0.39 is 0 Å². The number of hydrogen-bond donors (Lipinski definition) is 1. The first-order valence-corrected chi connectivity index (χ1v) is 5.25. The summed E-state index contributed by atoms with van der Waals surface area (Å²) in [5.41, 5.74) is 6.26. The van der Waals surface area contributed by atoms with Crippen LogP contribution in [0.2, 0.25) is 0 Å². The molecule has 3 atom stereocenters. The first-order valence-electron chi connectivity index (χ1n) is 5.25. The van der Waals surface area contributed by atoms with Crippen LogP contribution in [0.5, 0.6) is 0 Å². The van der Waals surface area contributed by atoms with E-state index in [1.807, 2.05) is 0 Å². The predicted molar refractivity (Wildman–Crippen MR) is 53.9 cm³/mol. The second-order valence-corrected chi connectivity index (χ2v) is 4.96. The van der Waals surface area contributed by atoms with Crippen LogP contribution in [-0.2, 0) is 0 Å². The van der Waals surface area contributed by atoms with Gasteiger partial charge in [0.2, 0.25) is 0 Å². The monoisotopic (exact) mass is 169 g/mol. The second kappa shape index (κ2) is 3.37. The number of rotatable bonds is 4. The molecule has 1 unspecified atom stereocenters. The molecule has 0 spiro atoms. The van der Waals surface area contributed by atoms with Gasteiger partial charge < -0.3 is 5.73 Å². The Morgan fingerprint density at radius 3 is 2.33 bits per heavy atom. The van der Waals surface area contributed by atoms with Crippen molar-refractivity contribution in [1.29, 1.82) is 0 Å². The fraction of sp³-hybridized carbons (Fsp3) is 1.00. The zero-order chi connectivity index (χ0) is 9.35. The van der Waals surface area contributed by atoms with Gasteiger partial charge >= 0.3 is 0 Å². The minimum absolute atomic E-state index is 0.531. The van der Waals surface area contributed by atoms with Gasteiger partial charge in [0.05, 0.1) is 0 Å². The molecule has 0 aromatic carbocycles. The molecule has 12 heavy (non-hydrogen) atoms. The van der Waals surface area contributed by atoms with E-state index in [1.54, 1.807) is 0 Å². The zero-order valence-electron chi connectivity index (χ0n) is 8.93. The van der Waals surface area contributed by atoms with Gasteiger partial charge in [-0.2, -0.15) is 0 Å². The van der Waals surface area contributed by atoms with Crippen molar-refractivity contribution < 1.29 is 0 Å². The molecule has 0 aliphatic heterocycles. The van der Waals surface area contributed by atoms with Crippen molar-refractivity contribution in [3.8, 4) is 0 Å². The molecule has 0 heterocycles. The smallest absolute Gasteiger partial charge is 0.00407 e. The lowest BCUT2D eigenvalue weighted by atomic mass is 9.95. The zero-order valence-corrected chi connectivity index (χ0v) is 8.93. The lowest BCUT2D eigenvalue weighted by molar-refractivity contribution is 0.394. The normalized spacial score (nSPS) is 34.8. The van der Waals surface area contributed by atoms with Crippen LogP contribution >= 0.6 is 0 Å². The summed E-state index contributed by atoms with van der Waals surface area (Å²) in [6, 6.07) is 0. The molecule has 1 rings (SSSR count). The van der Waals surface area contributed by atoms with Gasteiger partial charge in [0.25, 0.3) is 0 Å². The molecule has 1 aliphatic carbocycles. The first kappa shape index (κ1) is 10.0. The Bertz CT molecular complexity index is 151. The van der Waals surface area contributed by atoms with Crippen LogP contribution in [0.25, 0.3) is 0 Å². The van der Waals surface area contributed by atoms with Gasteiger partial charge in [-0.05, 0) is 29.7 Å². The minimum Gasteiger partial charge on any atom is -0.330 e. The van der Waals surface area contributed by atoms with E-state index in [2.05, 4.69) is 27.7 Å². The third-order valence-corrected chi connectivity index (χ3v) is 3.75. The summed E-state index contributed by atoms with van der Waals surface area (Å²) >= 11 is 0. The lowest BCUT2D eigenvalue weighted by Gasteiger charge is -2.10. The van der Waals surface area contributed by atoms with Gasteiger partial charge in [0, 0.05) is 0 Å². The highest BCUT2D eigenvalue weighted by atomic mass is 14.7. The molecule has 2 N–H and O–H groups in total. The third-order valence-electron chi connectivity index (χ3n) is 3.75. The van der Waals surface area contributed by atoms with E-state index in [4.69, 9.17) is 5.73 Å². The first-order chi connectivity index (χ1) is 5.55. The van der Waals surface area contributed by atoms with Gasteiger partial charge in [0.15, 0.2) is 0 Å². The fourth-order valence-corrected chi connectivity index (χ4v) is 3.00. The Morgan fingerprint density at radius 1 is 1.42 bits per heavy atom. The summed E-state index contributed by atoms with van der Waals surface area (Å²) in [6.45, 7) is 10.3. The molecule has 1 saturated carbocycles. The lowest BCUT2D eigenvalue weighted by Crippen LogP contribution is -2.06. The molecule has 1 heteroatoms. The van der Waals surface area contributed by atoms with Gasteiger partial charge in [-0.25, -0.2) is 0 Å². The highest BCUT2D eigenvalue weighted by Crippen LogP contribution is 2.61. The van der Waals surface area contributed by atoms with Gasteiger partial charge in [-0.1, -0.05) is 40.5 Å². The van der Waals surface area contributed by atoms with E-state index in [9.17, 15) is 0 Å². The minimum atomic E-state index is 0.531. The molecule has 1 fully saturated rings. The topological polar surface area (TPSA) is 26.0 Å². The molecular weight excluding hydrogens is 146 g/mol. The highest BCUT2D eigenvalue weighted by Gasteiger charge is 2.58. The molecule has 0 amide bonds. The fourth-order valence-electron chi connectivity index (χ4n) is 3.00. The standard InChI is InChI=1S/C11H23N/c1-5-6-8(2)10-9(7-12)11(10,3)4/h8-10H,5-7,12H2,1-4H3/t8?,9-,10-/m1/s1. The molecule has 0 aromatic heterocycles. The predicted octanol–water partition coefficient (Wildman–Crippen LogP) is 2.65. The van der Waals surface area contributed by atoms with Crippen molar-refractivity contribution in [2.24, 2.45) is 28.9 Å². The molecule has 0 radical (unpaired) electrons. The Kier molecular flexibility index (Phi) is 2.82. The molecule has 0 bridgehead atoms. The summed E-state index contributed by atoms with van der Waals surface area (Å²) in [6.07, 6.45) is 2.68. The van der Waals surface area contributed by atoms with Crippen molar-refractivity contribution in [2.75, 3.05) is 6.54 Å².